The van der Waals surface area contributed by atoms with Crippen molar-refractivity contribution in [3.63, 3.8) is 0 Å². The molecule has 7 heteroatoms. The van der Waals surface area contributed by atoms with Gasteiger partial charge in [-0.1, -0.05) is 0 Å². The summed E-state index contributed by atoms with van der Waals surface area (Å²) in [7, 11) is -4.19. The lowest BCUT2D eigenvalue weighted by Gasteiger charge is -2.20. The van der Waals surface area contributed by atoms with Crippen LogP contribution in [0.4, 0.5) is 4.39 Å². The van der Waals surface area contributed by atoms with Crippen LogP contribution in [0.15, 0.2) is 23.1 Å². The van der Waals surface area contributed by atoms with Crippen molar-refractivity contribution in [3.05, 3.63) is 29.6 Å². The first-order chi connectivity index (χ1) is 8.00. The van der Waals surface area contributed by atoms with E-state index in [1.165, 1.54) is 6.07 Å². The van der Waals surface area contributed by atoms with Gasteiger partial charge in [-0.2, -0.15) is 0 Å². The Morgan fingerprint density at radius 3 is 2.33 bits per heavy atom. The summed E-state index contributed by atoms with van der Waals surface area (Å²) < 4.78 is 35.5. The molecular weight excluding hydrogens is 259 g/mol. The van der Waals surface area contributed by atoms with Crippen LogP contribution < -0.4 is 10.5 Å². The molecule has 0 aromatic heterocycles. The van der Waals surface area contributed by atoms with Gasteiger partial charge < -0.3 is 5.32 Å². The van der Waals surface area contributed by atoms with Crippen LogP contribution in [-0.4, -0.2) is 19.9 Å². The van der Waals surface area contributed by atoms with E-state index in [0.717, 1.165) is 12.1 Å². The van der Waals surface area contributed by atoms with Crippen molar-refractivity contribution in [3.8, 4) is 0 Å². The van der Waals surface area contributed by atoms with Crippen molar-refractivity contribution in [2.45, 2.75) is 31.2 Å². The van der Waals surface area contributed by atoms with Gasteiger partial charge in [-0.15, -0.1) is 0 Å². The van der Waals surface area contributed by atoms with E-state index in [1.54, 1.807) is 20.8 Å². The summed E-state index contributed by atoms with van der Waals surface area (Å²) in [6.07, 6.45) is 0. The summed E-state index contributed by atoms with van der Waals surface area (Å²) in [6, 6.07) is 3.02. The smallest absolute Gasteiger partial charge is 0.251 e. The zero-order valence-electron chi connectivity index (χ0n) is 10.3. The molecule has 0 saturated heterocycles. The third-order valence-electron chi connectivity index (χ3n) is 1.99. The Balaban J connectivity index is 3.18. The molecule has 0 radical (unpaired) electrons. The number of nitrogens with one attached hydrogen (secondary N) is 1. The second-order valence-electron chi connectivity index (χ2n) is 4.89. The monoisotopic (exact) mass is 274 g/mol. The van der Waals surface area contributed by atoms with Gasteiger partial charge in [0.15, 0.2) is 0 Å². The van der Waals surface area contributed by atoms with Gasteiger partial charge in [0, 0.05) is 11.1 Å². The van der Waals surface area contributed by atoms with Gasteiger partial charge in [0.1, 0.15) is 10.7 Å². The number of rotatable bonds is 2. The Hall–Kier alpha value is -1.47. The highest BCUT2D eigenvalue weighted by atomic mass is 32.2. The van der Waals surface area contributed by atoms with Crippen molar-refractivity contribution < 1.29 is 17.6 Å². The number of carbonyl (C=O) groups excluding carboxylic acids is 1. The molecule has 0 aliphatic heterocycles. The molecule has 18 heavy (non-hydrogen) atoms. The van der Waals surface area contributed by atoms with E-state index in [-0.39, 0.29) is 5.56 Å². The van der Waals surface area contributed by atoms with Gasteiger partial charge in [0.05, 0.1) is 0 Å². The van der Waals surface area contributed by atoms with Gasteiger partial charge >= 0.3 is 0 Å². The second kappa shape index (κ2) is 4.66. The molecule has 0 aliphatic carbocycles. The molecule has 0 saturated carbocycles. The normalized spacial score (nSPS) is 12.3. The molecule has 1 rings (SSSR count). The van der Waals surface area contributed by atoms with Gasteiger partial charge in [0.25, 0.3) is 5.91 Å². The SMILES string of the molecule is CC(C)(C)NC(=O)c1ccc(F)c(S(N)(=O)=O)c1. The molecule has 1 amide bonds. The first kappa shape index (κ1) is 14.6. The van der Waals surface area contributed by atoms with E-state index in [4.69, 9.17) is 5.14 Å². The summed E-state index contributed by atoms with van der Waals surface area (Å²) in [6.45, 7) is 5.32. The van der Waals surface area contributed by atoms with Crippen LogP contribution in [0.5, 0.6) is 0 Å². The van der Waals surface area contributed by atoms with Crippen molar-refractivity contribution in [2.75, 3.05) is 0 Å². The number of benzene rings is 1. The van der Waals surface area contributed by atoms with Gasteiger partial charge in [-0.3, -0.25) is 4.79 Å². The summed E-state index contributed by atoms with van der Waals surface area (Å²) >= 11 is 0. The van der Waals surface area contributed by atoms with Crippen LogP contribution in [0.2, 0.25) is 0 Å². The Bertz CT molecular complexity index is 576. The summed E-state index contributed by atoms with van der Waals surface area (Å²) in [4.78, 5) is 11.1. The first-order valence-electron chi connectivity index (χ1n) is 5.15. The first-order valence-corrected chi connectivity index (χ1v) is 6.70. The van der Waals surface area contributed by atoms with E-state index in [2.05, 4.69) is 5.32 Å². The Morgan fingerprint density at radius 1 is 1.33 bits per heavy atom. The van der Waals surface area contributed by atoms with Gasteiger partial charge in [-0.25, -0.2) is 17.9 Å². The molecule has 100 valence electrons. The zero-order chi connectivity index (χ0) is 14.1. The maximum absolute atomic E-state index is 13.3. The van der Waals surface area contributed by atoms with Crippen molar-refractivity contribution in [2.24, 2.45) is 5.14 Å². The molecule has 0 heterocycles. The molecular formula is C11H15FN2O3S. The van der Waals surface area contributed by atoms with Crippen LogP contribution >= 0.6 is 0 Å². The van der Waals surface area contributed by atoms with Crippen LogP contribution in [-0.2, 0) is 10.0 Å². The highest BCUT2D eigenvalue weighted by molar-refractivity contribution is 7.89. The van der Waals surface area contributed by atoms with E-state index in [1.807, 2.05) is 0 Å². The average Bonchev–Trinajstić information content (AvgIpc) is 2.13. The molecule has 1 aromatic carbocycles. The average molecular weight is 274 g/mol. The summed E-state index contributed by atoms with van der Waals surface area (Å²) in [5.41, 5.74) is -0.442. The number of halogens is 1. The topological polar surface area (TPSA) is 89.3 Å². The Morgan fingerprint density at radius 2 is 1.89 bits per heavy atom. The third kappa shape index (κ3) is 3.78. The van der Waals surface area contributed by atoms with Crippen LogP contribution in [0.3, 0.4) is 0 Å². The summed E-state index contributed by atoms with van der Waals surface area (Å²) in [5, 5.41) is 7.49. The number of carbonyl (C=O) groups is 1. The fourth-order valence-electron chi connectivity index (χ4n) is 1.28. The van der Waals surface area contributed by atoms with E-state index < -0.39 is 32.2 Å². The fraction of sp³-hybridized carbons (Fsp3) is 0.364. The van der Waals surface area contributed by atoms with Crippen molar-refractivity contribution in [1.29, 1.82) is 0 Å². The molecule has 0 aliphatic rings. The number of hydrogen-bond acceptors (Lipinski definition) is 3. The lowest BCUT2D eigenvalue weighted by molar-refractivity contribution is 0.0919. The van der Waals surface area contributed by atoms with Crippen LogP contribution in [0.25, 0.3) is 0 Å². The third-order valence-corrected chi connectivity index (χ3v) is 2.91. The molecule has 0 atom stereocenters. The van der Waals surface area contributed by atoms with Crippen molar-refractivity contribution in [1.82, 2.24) is 5.32 Å². The molecule has 5 nitrogen and oxygen atoms in total. The maximum atomic E-state index is 13.3. The number of primary sulfonamides is 1. The van der Waals surface area contributed by atoms with Gasteiger partial charge in [0.2, 0.25) is 10.0 Å². The highest BCUT2D eigenvalue weighted by Crippen LogP contribution is 2.15. The molecule has 0 spiro atoms. The number of nitrogens with two attached hydrogens (primary N) is 1. The van der Waals surface area contributed by atoms with E-state index in [9.17, 15) is 17.6 Å². The summed E-state index contributed by atoms with van der Waals surface area (Å²) in [5.74, 6) is -1.47. The number of sulfonamides is 1. The molecule has 3 N–H and O–H groups in total. The molecule has 0 unspecified atom stereocenters. The lowest BCUT2D eigenvalue weighted by atomic mass is 10.1. The minimum Gasteiger partial charge on any atom is -0.347 e. The quantitative estimate of drug-likeness (QED) is 0.843. The van der Waals surface area contributed by atoms with Crippen LogP contribution in [0, 0.1) is 5.82 Å². The zero-order valence-corrected chi connectivity index (χ0v) is 11.1. The van der Waals surface area contributed by atoms with Gasteiger partial charge in [-0.05, 0) is 39.0 Å². The number of hydrogen-bond donors (Lipinski definition) is 2. The predicted molar refractivity (Wildman–Crippen MR) is 65.0 cm³/mol. The Kier molecular flexibility index (Phi) is 3.78. The molecule has 0 fully saturated rings. The maximum Gasteiger partial charge on any atom is 0.251 e. The minimum absolute atomic E-state index is 0.0374. The molecule has 1 aromatic rings. The van der Waals surface area contributed by atoms with E-state index >= 15 is 0 Å². The standard InChI is InChI=1S/C11H15FN2O3S/c1-11(2,3)14-10(15)7-4-5-8(12)9(6-7)18(13,16)17/h4-6H,1-3H3,(H,14,15)(H2,13,16,17). The Labute approximate surface area is 105 Å². The minimum atomic E-state index is -4.19. The highest BCUT2D eigenvalue weighted by Gasteiger charge is 2.20. The number of amides is 1. The van der Waals surface area contributed by atoms with Crippen LogP contribution in [0.1, 0.15) is 31.1 Å². The molecule has 0 bridgehead atoms. The lowest BCUT2D eigenvalue weighted by Crippen LogP contribution is -2.40. The van der Waals surface area contributed by atoms with E-state index in [0.29, 0.717) is 0 Å². The predicted octanol–water partition coefficient (Wildman–Crippen LogP) is 1.00. The second-order valence-corrected chi connectivity index (χ2v) is 6.42. The fourth-order valence-corrected chi connectivity index (χ4v) is 1.91. The largest absolute Gasteiger partial charge is 0.347 e. The van der Waals surface area contributed by atoms with Crippen molar-refractivity contribution >= 4 is 15.9 Å².